The Kier molecular flexibility index (Phi) is 5.16. The van der Waals surface area contributed by atoms with Crippen molar-refractivity contribution in [2.24, 2.45) is 0 Å². The molecule has 1 saturated heterocycles. The second kappa shape index (κ2) is 7.32. The zero-order valence-electron chi connectivity index (χ0n) is 13.9. The monoisotopic (exact) mass is 347 g/mol. The molecule has 0 spiro atoms. The molecule has 6 nitrogen and oxygen atoms in total. The number of halogens is 1. The van der Waals surface area contributed by atoms with Crippen LogP contribution in [0.2, 0.25) is 5.02 Å². The third-order valence-corrected chi connectivity index (χ3v) is 4.84. The van der Waals surface area contributed by atoms with Crippen molar-refractivity contribution in [2.45, 2.75) is 32.2 Å². The summed E-state index contributed by atoms with van der Waals surface area (Å²) in [5.74, 6) is 0.298. The van der Waals surface area contributed by atoms with Crippen LogP contribution in [-0.4, -0.2) is 45.6 Å². The molecule has 1 amide bonds. The quantitative estimate of drug-likeness (QED) is 0.872. The maximum absolute atomic E-state index is 13.1. The normalized spacial score (nSPS) is 18.5. The summed E-state index contributed by atoms with van der Waals surface area (Å²) in [5.41, 5.74) is 2.41. The van der Waals surface area contributed by atoms with Crippen LogP contribution in [0.5, 0.6) is 0 Å². The van der Waals surface area contributed by atoms with Crippen molar-refractivity contribution in [3.8, 4) is 0 Å². The second-order valence-electron chi connectivity index (χ2n) is 6.06. The fraction of sp³-hybridized carbons (Fsp3) is 0.471. The lowest BCUT2D eigenvalue weighted by Crippen LogP contribution is -2.34. The van der Waals surface area contributed by atoms with E-state index in [1.165, 1.54) is 0 Å². The molecule has 24 heavy (non-hydrogen) atoms. The zero-order chi connectivity index (χ0) is 17.1. The number of hydrogen-bond donors (Lipinski definition) is 2. The average Bonchev–Trinajstić information content (AvgIpc) is 3.27. The van der Waals surface area contributed by atoms with Crippen LogP contribution < -0.4 is 5.32 Å². The van der Waals surface area contributed by atoms with Crippen molar-refractivity contribution >= 4 is 17.5 Å². The van der Waals surface area contributed by atoms with Crippen LogP contribution in [0.1, 0.15) is 54.0 Å². The molecular formula is C17H22ClN5O. The number of pyridine rings is 1. The summed E-state index contributed by atoms with van der Waals surface area (Å²) in [6.45, 7) is 6.40. The maximum atomic E-state index is 13.1. The Bertz CT molecular complexity index is 693. The Morgan fingerprint density at radius 1 is 1.46 bits per heavy atom. The smallest absolute Gasteiger partial charge is 0.257 e. The fourth-order valence-electron chi connectivity index (χ4n) is 3.22. The van der Waals surface area contributed by atoms with Crippen LogP contribution in [0.15, 0.2) is 24.5 Å². The van der Waals surface area contributed by atoms with Gasteiger partial charge in [0.25, 0.3) is 5.91 Å². The summed E-state index contributed by atoms with van der Waals surface area (Å²) in [5, 5.41) is 11.1. The predicted molar refractivity (Wildman–Crippen MR) is 93.2 cm³/mol. The van der Waals surface area contributed by atoms with Gasteiger partial charge in [0.2, 0.25) is 0 Å². The highest BCUT2D eigenvalue weighted by Crippen LogP contribution is 2.27. The van der Waals surface area contributed by atoms with Gasteiger partial charge >= 0.3 is 0 Å². The third kappa shape index (κ3) is 3.30. The molecule has 1 aliphatic rings. The molecule has 3 heterocycles. The lowest BCUT2D eigenvalue weighted by molar-refractivity contribution is 0.0697. The van der Waals surface area contributed by atoms with E-state index in [2.05, 4.69) is 20.5 Å². The molecule has 2 unspecified atom stereocenters. The number of hydrogen-bond acceptors (Lipinski definition) is 4. The van der Waals surface area contributed by atoms with E-state index in [1.54, 1.807) is 18.5 Å². The van der Waals surface area contributed by atoms with Crippen LogP contribution in [0.4, 0.5) is 0 Å². The van der Waals surface area contributed by atoms with Gasteiger partial charge in [-0.05, 0) is 38.9 Å². The molecular weight excluding hydrogens is 326 g/mol. The minimum atomic E-state index is -0.135. The molecule has 2 aromatic rings. The van der Waals surface area contributed by atoms with Gasteiger partial charge in [-0.1, -0.05) is 11.6 Å². The number of aromatic amines is 1. The van der Waals surface area contributed by atoms with Gasteiger partial charge in [-0.2, -0.15) is 5.10 Å². The fourth-order valence-corrected chi connectivity index (χ4v) is 3.33. The highest BCUT2D eigenvalue weighted by molar-refractivity contribution is 6.30. The van der Waals surface area contributed by atoms with Gasteiger partial charge in [-0.15, -0.1) is 0 Å². The largest absolute Gasteiger partial charge is 0.330 e. The van der Waals surface area contributed by atoms with Crippen LogP contribution >= 0.6 is 11.6 Å². The molecule has 0 aromatic carbocycles. The molecule has 0 aliphatic carbocycles. The highest BCUT2D eigenvalue weighted by Gasteiger charge is 2.29. The Morgan fingerprint density at radius 2 is 2.29 bits per heavy atom. The molecule has 0 radical (unpaired) electrons. The molecule has 2 N–H and O–H groups in total. The maximum Gasteiger partial charge on any atom is 0.257 e. The number of H-pyrrole nitrogens is 1. The van der Waals surface area contributed by atoms with Crippen molar-refractivity contribution in [3.05, 3.63) is 46.5 Å². The molecule has 0 bridgehead atoms. The standard InChI is InChI=1S/C17H22ClN5O/c1-3-23(11(2)15-5-4-13(18)9-20-15)17(24)14-10-21-22-16(14)12-6-7-19-8-12/h4-5,9-12,19H,3,6-8H2,1-2H3,(H,21,22). The first-order valence-electron chi connectivity index (χ1n) is 8.28. The summed E-state index contributed by atoms with van der Waals surface area (Å²) < 4.78 is 0. The number of nitrogens with zero attached hydrogens (tertiary/aromatic N) is 3. The van der Waals surface area contributed by atoms with Crippen molar-refractivity contribution in [2.75, 3.05) is 19.6 Å². The Balaban J connectivity index is 1.84. The van der Waals surface area contributed by atoms with Gasteiger partial charge in [0.15, 0.2) is 0 Å². The van der Waals surface area contributed by atoms with Gasteiger partial charge in [0.1, 0.15) is 0 Å². The van der Waals surface area contributed by atoms with E-state index >= 15 is 0 Å². The van der Waals surface area contributed by atoms with Crippen molar-refractivity contribution in [1.29, 1.82) is 0 Å². The summed E-state index contributed by atoms with van der Waals surface area (Å²) in [7, 11) is 0. The van der Waals surface area contributed by atoms with Gasteiger partial charge in [-0.3, -0.25) is 14.9 Å². The third-order valence-electron chi connectivity index (χ3n) is 4.62. The molecule has 1 aliphatic heterocycles. The SMILES string of the molecule is CCN(C(=O)c1cn[nH]c1C1CCNC1)C(C)c1ccc(Cl)cn1. The zero-order valence-corrected chi connectivity index (χ0v) is 14.7. The summed E-state index contributed by atoms with van der Waals surface area (Å²) in [6.07, 6.45) is 4.27. The molecule has 0 saturated carbocycles. The molecule has 1 fully saturated rings. The van der Waals surface area contributed by atoms with Crippen LogP contribution in [0.25, 0.3) is 0 Å². The molecule has 128 valence electrons. The van der Waals surface area contributed by atoms with E-state index in [0.717, 1.165) is 30.9 Å². The number of carbonyl (C=O) groups excluding carboxylic acids is 1. The minimum absolute atomic E-state index is 0.0163. The number of amides is 1. The predicted octanol–water partition coefficient (Wildman–Crippen LogP) is 2.76. The molecule has 2 aromatic heterocycles. The molecule has 3 rings (SSSR count). The van der Waals surface area contributed by atoms with Crippen molar-refractivity contribution < 1.29 is 4.79 Å². The van der Waals surface area contributed by atoms with Crippen molar-refractivity contribution in [1.82, 2.24) is 25.4 Å². The number of carbonyl (C=O) groups is 1. The number of aromatic nitrogens is 3. The molecule has 2 atom stereocenters. The van der Waals surface area contributed by atoms with E-state index in [9.17, 15) is 4.79 Å². The first kappa shape index (κ1) is 16.9. The summed E-state index contributed by atoms with van der Waals surface area (Å²) in [4.78, 5) is 19.3. The first-order valence-corrected chi connectivity index (χ1v) is 8.66. The second-order valence-corrected chi connectivity index (χ2v) is 6.49. The van der Waals surface area contributed by atoms with Crippen LogP contribution in [0.3, 0.4) is 0 Å². The van der Waals surface area contributed by atoms with E-state index in [-0.39, 0.29) is 11.9 Å². The minimum Gasteiger partial charge on any atom is -0.330 e. The lowest BCUT2D eigenvalue weighted by atomic mass is 10.00. The highest BCUT2D eigenvalue weighted by atomic mass is 35.5. The Hall–Kier alpha value is -1.92. The van der Waals surface area contributed by atoms with Crippen molar-refractivity contribution in [3.63, 3.8) is 0 Å². The van der Waals surface area contributed by atoms with Gasteiger partial charge in [0, 0.05) is 25.2 Å². The van der Waals surface area contributed by atoms with E-state index < -0.39 is 0 Å². The Morgan fingerprint density at radius 3 is 2.92 bits per heavy atom. The van der Waals surface area contributed by atoms with E-state index in [0.29, 0.717) is 23.0 Å². The lowest BCUT2D eigenvalue weighted by Gasteiger charge is -2.28. The first-order chi connectivity index (χ1) is 11.6. The number of rotatable bonds is 5. The van der Waals surface area contributed by atoms with Crippen LogP contribution in [0, 0.1) is 0 Å². The Labute approximate surface area is 146 Å². The summed E-state index contributed by atoms with van der Waals surface area (Å²) in [6, 6.07) is 3.52. The average molecular weight is 348 g/mol. The van der Waals surface area contributed by atoms with Crippen LogP contribution in [-0.2, 0) is 0 Å². The van der Waals surface area contributed by atoms with Gasteiger partial charge in [0.05, 0.1) is 34.2 Å². The summed E-state index contributed by atoms with van der Waals surface area (Å²) >= 11 is 5.91. The molecule has 7 heteroatoms. The van der Waals surface area contributed by atoms with Gasteiger partial charge in [-0.25, -0.2) is 0 Å². The number of nitrogens with one attached hydrogen (secondary N) is 2. The van der Waals surface area contributed by atoms with E-state index in [1.807, 2.05) is 24.8 Å². The van der Waals surface area contributed by atoms with Gasteiger partial charge < -0.3 is 10.2 Å². The van der Waals surface area contributed by atoms with E-state index in [4.69, 9.17) is 11.6 Å². The topological polar surface area (TPSA) is 73.9 Å².